The maximum Gasteiger partial charge on any atom is 0.111 e. The molecule has 2 aromatic heterocycles. The Morgan fingerprint density at radius 3 is 1.83 bits per heavy atom. The molecule has 8 rings (SSSR count). The van der Waals surface area contributed by atoms with Crippen LogP contribution < -0.4 is 0 Å². The Morgan fingerprint density at radius 1 is 0.548 bits per heavy atom. The smallest absolute Gasteiger partial charge is 0.111 e. The number of pyridine rings is 1. The van der Waals surface area contributed by atoms with Gasteiger partial charge < -0.3 is 0 Å². The van der Waals surface area contributed by atoms with E-state index < -0.39 is 6.85 Å². The number of hydrogen-bond donors (Lipinski definition) is 0. The minimum absolute atomic E-state index is 0.0598. The van der Waals surface area contributed by atoms with Crippen LogP contribution in [0, 0.1) is 6.85 Å². The molecule has 8 aromatic rings. The molecule has 2 heterocycles. The Kier molecular flexibility index (Phi) is 4.97. The molecule has 0 radical (unpaired) electrons. The predicted molar refractivity (Wildman–Crippen MR) is 175 cm³/mol. The van der Waals surface area contributed by atoms with E-state index in [0.29, 0.717) is 5.52 Å². The van der Waals surface area contributed by atoms with E-state index in [1.54, 1.807) is 4.57 Å². The maximum atomic E-state index is 8.15. The van der Waals surface area contributed by atoms with E-state index >= 15 is 0 Å². The fourth-order valence-electron chi connectivity index (χ4n) is 6.18. The summed E-state index contributed by atoms with van der Waals surface area (Å²) in [6.45, 7) is -2.35. The Labute approximate surface area is 248 Å². The van der Waals surface area contributed by atoms with E-state index in [4.69, 9.17) is 4.11 Å². The van der Waals surface area contributed by atoms with Gasteiger partial charge in [0.05, 0.1) is 16.7 Å². The van der Waals surface area contributed by atoms with Crippen molar-refractivity contribution in [2.24, 2.45) is 0 Å². The normalized spacial score (nSPS) is 12.8. The Balaban J connectivity index is 1.33. The molecule has 0 atom stereocenters. The Hall–Kier alpha value is -5.54. The summed E-state index contributed by atoms with van der Waals surface area (Å²) in [6.07, 6.45) is 1.83. The summed E-state index contributed by atoms with van der Waals surface area (Å²) in [5.74, 6) is 0.0598. The molecule has 0 fully saturated rings. The van der Waals surface area contributed by atoms with Gasteiger partial charge in [0.2, 0.25) is 0 Å². The number of aryl methyl sites for hydroxylation is 1. The summed E-state index contributed by atoms with van der Waals surface area (Å²) in [6, 6.07) is 47.4. The van der Waals surface area contributed by atoms with Gasteiger partial charge in [-0.25, -0.2) is 4.98 Å². The molecule has 0 amide bonds. The van der Waals surface area contributed by atoms with E-state index in [-0.39, 0.29) is 5.82 Å². The fraction of sp³-hybridized carbons (Fsp3) is 0.0256. The van der Waals surface area contributed by atoms with E-state index in [0.717, 1.165) is 49.9 Å². The molecule has 42 heavy (non-hydrogen) atoms. The summed E-state index contributed by atoms with van der Waals surface area (Å²) in [7, 11) is 0. The third kappa shape index (κ3) is 3.90. The second kappa shape index (κ2) is 9.83. The molecule has 0 bridgehead atoms. The lowest BCUT2D eigenvalue weighted by molar-refractivity contribution is 1.00. The van der Waals surface area contributed by atoms with Crippen LogP contribution in [-0.2, 0) is 0 Å². The zero-order valence-corrected chi connectivity index (χ0v) is 22.7. The van der Waals surface area contributed by atoms with Gasteiger partial charge in [0.1, 0.15) is 5.82 Å². The van der Waals surface area contributed by atoms with Crippen molar-refractivity contribution in [3.8, 4) is 39.2 Å². The van der Waals surface area contributed by atoms with Gasteiger partial charge in [-0.15, -0.1) is 0 Å². The average molecular weight is 541 g/mol. The number of benzene rings is 6. The van der Waals surface area contributed by atoms with Crippen molar-refractivity contribution in [2.45, 2.75) is 6.85 Å². The lowest BCUT2D eigenvalue weighted by Crippen LogP contribution is -1.97. The van der Waals surface area contributed by atoms with Gasteiger partial charge in [0.25, 0.3) is 0 Å². The van der Waals surface area contributed by atoms with Crippen LogP contribution in [-0.4, -0.2) is 14.5 Å². The first-order chi connectivity index (χ1) is 22.0. The summed E-state index contributed by atoms with van der Waals surface area (Å²) in [5.41, 5.74) is 8.72. The first kappa shape index (κ1) is 21.2. The highest BCUT2D eigenvalue weighted by Crippen LogP contribution is 2.44. The van der Waals surface area contributed by atoms with Gasteiger partial charge in [-0.2, -0.15) is 0 Å². The van der Waals surface area contributed by atoms with Crippen molar-refractivity contribution in [3.63, 3.8) is 0 Å². The molecule has 6 aromatic carbocycles. The molecule has 0 spiro atoms. The molecule has 0 aliphatic heterocycles. The number of nitrogens with zero attached hydrogens (tertiary/aromatic N) is 3. The zero-order chi connectivity index (χ0) is 30.5. The second-order valence-corrected chi connectivity index (χ2v) is 10.4. The monoisotopic (exact) mass is 540 g/mol. The lowest BCUT2D eigenvalue weighted by atomic mass is 9.85. The van der Waals surface area contributed by atoms with Crippen LogP contribution in [0.3, 0.4) is 0 Å². The summed E-state index contributed by atoms with van der Waals surface area (Å²) in [5, 5.41) is 4.63. The largest absolute Gasteiger partial charge is 0.297 e. The summed E-state index contributed by atoms with van der Waals surface area (Å²) >= 11 is 0. The number of imidazole rings is 1. The Bertz CT molecular complexity index is 2300. The molecule has 0 N–H and O–H groups in total. The van der Waals surface area contributed by atoms with E-state index in [1.165, 1.54) is 16.3 Å². The first-order valence-electron chi connectivity index (χ1n) is 15.5. The standard InChI is InChI=1S/C39H27N3/c1-26-41-36-18-6-7-19-37(36)42(26)30-22-20-27(21-23-30)38-31-13-2-4-15-33(31)39(34-16-5-3-14-32(34)38)29-12-10-11-28(25-29)35-17-8-9-24-40-35/h2-25H,1H3/i1D3. The molecule has 0 saturated heterocycles. The highest BCUT2D eigenvalue weighted by Gasteiger charge is 2.17. The molecule has 3 nitrogen and oxygen atoms in total. The van der Waals surface area contributed by atoms with Crippen LogP contribution in [0.4, 0.5) is 0 Å². The van der Waals surface area contributed by atoms with Crippen LogP contribution >= 0.6 is 0 Å². The summed E-state index contributed by atoms with van der Waals surface area (Å²) < 4.78 is 26.2. The number of hydrogen-bond acceptors (Lipinski definition) is 2. The van der Waals surface area contributed by atoms with Crippen molar-refractivity contribution >= 4 is 32.6 Å². The zero-order valence-electron chi connectivity index (χ0n) is 25.7. The van der Waals surface area contributed by atoms with Gasteiger partial charge in [0, 0.05) is 21.6 Å². The highest BCUT2D eigenvalue weighted by molar-refractivity contribution is 6.21. The molecule has 198 valence electrons. The van der Waals surface area contributed by atoms with Gasteiger partial charge in [-0.3, -0.25) is 9.55 Å². The van der Waals surface area contributed by atoms with E-state index in [1.807, 2.05) is 60.8 Å². The van der Waals surface area contributed by atoms with Gasteiger partial charge >= 0.3 is 0 Å². The number of para-hydroxylation sites is 2. The number of fused-ring (bicyclic) bond motifs is 3. The third-order valence-corrected chi connectivity index (χ3v) is 8.02. The first-order valence-corrected chi connectivity index (χ1v) is 14.0. The van der Waals surface area contributed by atoms with Gasteiger partial charge in [0.15, 0.2) is 0 Å². The van der Waals surface area contributed by atoms with Crippen LogP contribution in [0.15, 0.2) is 146 Å². The van der Waals surface area contributed by atoms with Gasteiger partial charge in [-0.05, 0) is 93.1 Å². The van der Waals surface area contributed by atoms with E-state index in [2.05, 4.69) is 94.9 Å². The Morgan fingerprint density at radius 2 is 1.17 bits per heavy atom. The third-order valence-electron chi connectivity index (χ3n) is 8.02. The van der Waals surface area contributed by atoms with Crippen LogP contribution in [0.1, 0.15) is 9.94 Å². The number of rotatable bonds is 4. The summed E-state index contributed by atoms with van der Waals surface area (Å²) in [4.78, 5) is 9.07. The molecule has 3 heteroatoms. The fourth-order valence-corrected chi connectivity index (χ4v) is 6.18. The molecule has 0 unspecified atom stereocenters. The quantitative estimate of drug-likeness (QED) is 0.208. The maximum absolute atomic E-state index is 8.15. The van der Waals surface area contributed by atoms with Gasteiger partial charge in [-0.1, -0.05) is 97.1 Å². The highest BCUT2D eigenvalue weighted by atomic mass is 15.1. The second-order valence-electron chi connectivity index (χ2n) is 10.4. The lowest BCUT2D eigenvalue weighted by Gasteiger charge is -2.18. The molecule has 0 saturated carbocycles. The molecule has 0 aliphatic carbocycles. The van der Waals surface area contributed by atoms with Crippen LogP contribution in [0.5, 0.6) is 0 Å². The molecular formula is C39H27N3. The predicted octanol–water partition coefficient (Wildman–Crippen LogP) is 10.0. The van der Waals surface area contributed by atoms with E-state index in [9.17, 15) is 0 Å². The number of aromatic nitrogens is 3. The minimum Gasteiger partial charge on any atom is -0.297 e. The van der Waals surface area contributed by atoms with Crippen molar-refractivity contribution in [3.05, 3.63) is 152 Å². The molecule has 0 aliphatic rings. The van der Waals surface area contributed by atoms with Crippen molar-refractivity contribution in [1.29, 1.82) is 0 Å². The van der Waals surface area contributed by atoms with Crippen molar-refractivity contribution in [2.75, 3.05) is 0 Å². The average Bonchev–Trinajstić information content (AvgIpc) is 3.48. The molecular weight excluding hydrogens is 510 g/mol. The van der Waals surface area contributed by atoms with Crippen LogP contribution in [0.25, 0.3) is 71.8 Å². The van der Waals surface area contributed by atoms with Crippen molar-refractivity contribution in [1.82, 2.24) is 14.5 Å². The topological polar surface area (TPSA) is 30.7 Å². The minimum atomic E-state index is -2.35. The van der Waals surface area contributed by atoms with Crippen molar-refractivity contribution < 1.29 is 4.11 Å². The van der Waals surface area contributed by atoms with Crippen LogP contribution in [0.2, 0.25) is 0 Å². The SMILES string of the molecule is [2H]C([2H])([2H])c1nc2ccccc2n1-c1ccc(-c2c3ccccc3c(-c3cccc(-c4ccccn4)c3)c3ccccc23)cc1.